The zero-order valence-electron chi connectivity index (χ0n) is 13.0. The third kappa shape index (κ3) is 5.39. The van der Waals surface area contributed by atoms with E-state index in [4.69, 9.17) is 5.11 Å². The van der Waals surface area contributed by atoms with Crippen molar-refractivity contribution >= 4 is 23.5 Å². The van der Waals surface area contributed by atoms with E-state index < -0.39 is 5.97 Å². The fourth-order valence-electron chi connectivity index (χ4n) is 2.83. The molecule has 0 radical (unpaired) electrons. The van der Waals surface area contributed by atoms with Crippen molar-refractivity contribution in [3.05, 3.63) is 29.8 Å². The standard InChI is InChI=1S/C17H22N2O4/c20-15(11-18-17(23)12-6-2-1-3-7-12)19-14-9-5-4-8-13(14)10-16(21)22/h4-5,8-9,12H,1-3,6-7,10-11H2,(H,18,23)(H,19,20)(H,21,22). The summed E-state index contributed by atoms with van der Waals surface area (Å²) >= 11 is 0. The molecule has 1 aromatic rings. The summed E-state index contributed by atoms with van der Waals surface area (Å²) in [4.78, 5) is 34.8. The molecule has 23 heavy (non-hydrogen) atoms. The Balaban J connectivity index is 1.85. The number of carboxylic acids is 1. The minimum absolute atomic E-state index is 0.0100. The highest BCUT2D eigenvalue weighted by atomic mass is 16.4. The van der Waals surface area contributed by atoms with Crippen molar-refractivity contribution in [3.8, 4) is 0 Å². The normalized spacial score (nSPS) is 15.0. The van der Waals surface area contributed by atoms with Crippen LogP contribution < -0.4 is 10.6 Å². The summed E-state index contributed by atoms with van der Waals surface area (Å²) in [6.45, 7) is -0.100. The van der Waals surface area contributed by atoms with Gasteiger partial charge in [0.15, 0.2) is 0 Å². The topological polar surface area (TPSA) is 95.5 Å². The van der Waals surface area contributed by atoms with Crippen molar-refractivity contribution in [1.82, 2.24) is 5.32 Å². The van der Waals surface area contributed by atoms with Crippen LogP contribution in [0.1, 0.15) is 37.7 Å². The Kier molecular flexibility index (Phi) is 6.14. The molecule has 1 aliphatic rings. The smallest absolute Gasteiger partial charge is 0.307 e. The van der Waals surface area contributed by atoms with Gasteiger partial charge in [0.1, 0.15) is 0 Å². The minimum Gasteiger partial charge on any atom is -0.481 e. The molecule has 2 amide bonds. The summed E-state index contributed by atoms with van der Waals surface area (Å²) in [6.07, 6.45) is 4.90. The van der Waals surface area contributed by atoms with Crippen LogP contribution in [0.2, 0.25) is 0 Å². The zero-order chi connectivity index (χ0) is 16.7. The second-order valence-electron chi connectivity index (χ2n) is 5.83. The third-order valence-corrected chi connectivity index (χ3v) is 4.03. The van der Waals surface area contributed by atoms with Gasteiger partial charge in [0.05, 0.1) is 13.0 Å². The molecule has 0 heterocycles. The van der Waals surface area contributed by atoms with Crippen LogP contribution in [0.3, 0.4) is 0 Å². The lowest BCUT2D eigenvalue weighted by atomic mass is 9.89. The highest BCUT2D eigenvalue weighted by Crippen LogP contribution is 2.23. The Morgan fingerprint density at radius 3 is 2.48 bits per heavy atom. The first-order valence-electron chi connectivity index (χ1n) is 7.93. The number of hydrogen-bond acceptors (Lipinski definition) is 3. The highest BCUT2D eigenvalue weighted by molar-refractivity contribution is 5.95. The third-order valence-electron chi connectivity index (χ3n) is 4.03. The number of para-hydroxylation sites is 1. The molecule has 0 unspecified atom stereocenters. The van der Waals surface area contributed by atoms with Gasteiger partial charge >= 0.3 is 5.97 Å². The number of carbonyl (C=O) groups excluding carboxylic acids is 2. The van der Waals surface area contributed by atoms with Crippen molar-refractivity contribution in [2.24, 2.45) is 5.92 Å². The van der Waals surface area contributed by atoms with Gasteiger partial charge in [0, 0.05) is 11.6 Å². The molecule has 3 N–H and O–H groups in total. The Labute approximate surface area is 135 Å². The number of carbonyl (C=O) groups is 3. The summed E-state index contributed by atoms with van der Waals surface area (Å²) in [5.74, 6) is -1.38. The summed E-state index contributed by atoms with van der Waals surface area (Å²) in [5, 5.41) is 14.2. The number of carboxylic acid groups (broad SMARTS) is 1. The fourth-order valence-corrected chi connectivity index (χ4v) is 2.83. The molecule has 1 fully saturated rings. The molecule has 1 aliphatic carbocycles. The number of nitrogens with one attached hydrogen (secondary N) is 2. The molecule has 0 saturated heterocycles. The van der Waals surface area contributed by atoms with E-state index in [2.05, 4.69) is 10.6 Å². The molecule has 6 nitrogen and oxygen atoms in total. The van der Waals surface area contributed by atoms with E-state index in [9.17, 15) is 14.4 Å². The first-order valence-corrected chi connectivity index (χ1v) is 7.93. The number of anilines is 1. The number of hydrogen-bond donors (Lipinski definition) is 3. The summed E-state index contributed by atoms with van der Waals surface area (Å²) in [7, 11) is 0. The molecular formula is C17H22N2O4. The van der Waals surface area contributed by atoms with Crippen LogP contribution in [0, 0.1) is 5.92 Å². The monoisotopic (exact) mass is 318 g/mol. The Morgan fingerprint density at radius 2 is 1.78 bits per heavy atom. The van der Waals surface area contributed by atoms with E-state index >= 15 is 0 Å². The molecule has 1 saturated carbocycles. The molecule has 0 bridgehead atoms. The second-order valence-corrected chi connectivity index (χ2v) is 5.83. The van der Waals surface area contributed by atoms with E-state index in [1.54, 1.807) is 24.3 Å². The summed E-state index contributed by atoms with van der Waals surface area (Å²) < 4.78 is 0. The second kappa shape index (κ2) is 8.31. The Morgan fingerprint density at radius 1 is 1.09 bits per heavy atom. The number of aliphatic carboxylic acids is 1. The maximum atomic E-state index is 12.0. The van der Waals surface area contributed by atoms with Gasteiger partial charge in [-0.3, -0.25) is 14.4 Å². The molecule has 0 spiro atoms. The lowest BCUT2D eigenvalue weighted by Crippen LogP contribution is -2.37. The Bertz CT molecular complexity index is 580. The fraction of sp³-hybridized carbons (Fsp3) is 0.471. The Hall–Kier alpha value is -2.37. The van der Waals surface area contributed by atoms with E-state index in [0.717, 1.165) is 25.7 Å². The highest BCUT2D eigenvalue weighted by Gasteiger charge is 2.21. The molecule has 6 heteroatoms. The molecule has 0 aromatic heterocycles. The van der Waals surface area contributed by atoms with Gasteiger partial charge in [0.2, 0.25) is 11.8 Å². The largest absolute Gasteiger partial charge is 0.481 e. The van der Waals surface area contributed by atoms with Crippen molar-refractivity contribution in [2.75, 3.05) is 11.9 Å². The van der Waals surface area contributed by atoms with Crippen LogP contribution in [0.5, 0.6) is 0 Å². The summed E-state index contributed by atoms with van der Waals surface area (Å²) in [6, 6.07) is 6.75. The van der Waals surface area contributed by atoms with Crippen LogP contribution >= 0.6 is 0 Å². The van der Waals surface area contributed by atoms with Gasteiger partial charge in [-0.1, -0.05) is 37.5 Å². The van der Waals surface area contributed by atoms with Crippen molar-refractivity contribution < 1.29 is 19.5 Å². The quantitative estimate of drug-likeness (QED) is 0.747. The van der Waals surface area contributed by atoms with Crippen molar-refractivity contribution in [2.45, 2.75) is 38.5 Å². The van der Waals surface area contributed by atoms with Crippen LogP contribution in [0.15, 0.2) is 24.3 Å². The lowest BCUT2D eigenvalue weighted by molar-refractivity contribution is -0.136. The van der Waals surface area contributed by atoms with Gasteiger partial charge in [0.25, 0.3) is 0 Å². The summed E-state index contributed by atoms with van der Waals surface area (Å²) in [5.41, 5.74) is 0.999. The first-order chi connectivity index (χ1) is 11.1. The number of amides is 2. The van der Waals surface area contributed by atoms with Crippen LogP contribution in [-0.4, -0.2) is 29.4 Å². The van der Waals surface area contributed by atoms with Crippen LogP contribution in [0.4, 0.5) is 5.69 Å². The molecule has 1 aromatic carbocycles. The van der Waals surface area contributed by atoms with Crippen molar-refractivity contribution in [3.63, 3.8) is 0 Å². The van der Waals surface area contributed by atoms with Gasteiger partial charge in [-0.15, -0.1) is 0 Å². The lowest BCUT2D eigenvalue weighted by Gasteiger charge is -2.20. The predicted molar refractivity (Wildman–Crippen MR) is 86.0 cm³/mol. The molecule has 0 aliphatic heterocycles. The first kappa shape index (κ1) is 17.0. The van der Waals surface area contributed by atoms with E-state index in [0.29, 0.717) is 11.3 Å². The molecule has 124 valence electrons. The van der Waals surface area contributed by atoms with Gasteiger partial charge < -0.3 is 15.7 Å². The molecular weight excluding hydrogens is 296 g/mol. The van der Waals surface area contributed by atoms with Gasteiger partial charge in [-0.25, -0.2) is 0 Å². The van der Waals surface area contributed by atoms with Gasteiger partial charge in [-0.2, -0.15) is 0 Å². The van der Waals surface area contributed by atoms with E-state index in [-0.39, 0.29) is 30.7 Å². The average Bonchev–Trinajstić information content (AvgIpc) is 2.55. The predicted octanol–water partition coefficient (Wildman–Crippen LogP) is 1.95. The zero-order valence-corrected chi connectivity index (χ0v) is 13.0. The van der Waals surface area contributed by atoms with E-state index in [1.165, 1.54) is 6.42 Å². The number of benzene rings is 1. The maximum absolute atomic E-state index is 12.0. The molecule has 0 atom stereocenters. The SMILES string of the molecule is O=C(O)Cc1ccccc1NC(=O)CNC(=O)C1CCCCC1. The molecule has 2 rings (SSSR count). The number of rotatable bonds is 6. The van der Waals surface area contributed by atoms with Gasteiger partial charge in [-0.05, 0) is 24.5 Å². The average molecular weight is 318 g/mol. The van der Waals surface area contributed by atoms with Crippen LogP contribution in [0.25, 0.3) is 0 Å². The minimum atomic E-state index is -0.961. The van der Waals surface area contributed by atoms with E-state index in [1.807, 2.05) is 0 Å². The van der Waals surface area contributed by atoms with Crippen molar-refractivity contribution in [1.29, 1.82) is 0 Å². The maximum Gasteiger partial charge on any atom is 0.307 e. The van der Waals surface area contributed by atoms with Crippen LogP contribution in [-0.2, 0) is 20.8 Å².